The van der Waals surface area contributed by atoms with Gasteiger partial charge < -0.3 is 10.1 Å². The van der Waals surface area contributed by atoms with Crippen molar-refractivity contribution in [3.63, 3.8) is 0 Å². The van der Waals surface area contributed by atoms with E-state index in [-0.39, 0.29) is 5.91 Å². The molecule has 1 aliphatic rings. The van der Waals surface area contributed by atoms with Crippen LogP contribution in [0.5, 0.6) is 0 Å². The van der Waals surface area contributed by atoms with Gasteiger partial charge in [0.15, 0.2) is 0 Å². The van der Waals surface area contributed by atoms with Crippen LogP contribution in [0.3, 0.4) is 0 Å². The van der Waals surface area contributed by atoms with Crippen molar-refractivity contribution < 1.29 is 9.53 Å². The molecule has 70 valence electrons. The second kappa shape index (κ2) is 4.42. The van der Waals surface area contributed by atoms with Gasteiger partial charge in [0.1, 0.15) is 0 Å². The molecule has 0 radical (unpaired) electrons. The first-order chi connectivity index (χ1) is 5.70. The van der Waals surface area contributed by atoms with Crippen molar-refractivity contribution in [3.05, 3.63) is 0 Å². The van der Waals surface area contributed by atoms with Crippen LogP contribution in [0.2, 0.25) is 0 Å². The molecule has 4 heteroatoms. The van der Waals surface area contributed by atoms with Gasteiger partial charge in [0.05, 0.1) is 19.3 Å². The number of likely N-dealkylation sites (N-methyl/N-ethyl adjacent to an activating group) is 1. The average molecular weight is 172 g/mol. The maximum atomic E-state index is 10.6. The largest absolute Gasteiger partial charge is 0.378 e. The van der Waals surface area contributed by atoms with E-state index in [1.807, 2.05) is 0 Å². The zero-order valence-corrected chi connectivity index (χ0v) is 7.67. The number of hydrogen-bond acceptors (Lipinski definition) is 3. The Morgan fingerprint density at radius 2 is 2.50 bits per heavy atom. The van der Waals surface area contributed by atoms with E-state index in [1.54, 1.807) is 0 Å². The van der Waals surface area contributed by atoms with E-state index < -0.39 is 0 Å². The van der Waals surface area contributed by atoms with Gasteiger partial charge in [-0.3, -0.25) is 9.69 Å². The minimum atomic E-state index is 0.0222. The molecule has 1 saturated heterocycles. The van der Waals surface area contributed by atoms with Crippen LogP contribution in [-0.2, 0) is 9.53 Å². The van der Waals surface area contributed by atoms with E-state index in [9.17, 15) is 4.79 Å². The molecule has 0 aromatic carbocycles. The fourth-order valence-electron chi connectivity index (χ4n) is 1.21. The Labute approximate surface area is 72.9 Å². The summed E-state index contributed by atoms with van der Waals surface area (Å²) in [5, 5.41) is 2.79. The van der Waals surface area contributed by atoms with Crippen LogP contribution in [0.4, 0.5) is 0 Å². The second-order valence-electron chi connectivity index (χ2n) is 3.15. The lowest BCUT2D eigenvalue weighted by molar-refractivity contribution is -0.119. The maximum absolute atomic E-state index is 10.6. The molecule has 0 aliphatic carbocycles. The van der Waals surface area contributed by atoms with Crippen LogP contribution in [0.1, 0.15) is 6.92 Å². The molecule has 1 heterocycles. The highest BCUT2D eigenvalue weighted by Crippen LogP contribution is 2.01. The Bertz CT molecular complexity index is 161. The monoisotopic (exact) mass is 172 g/mol. The highest BCUT2D eigenvalue weighted by atomic mass is 16.5. The molecule has 0 unspecified atom stereocenters. The maximum Gasteiger partial charge on any atom is 0.216 e. The van der Waals surface area contributed by atoms with Crippen molar-refractivity contribution in [2.45, 2.75) is 13.0 Å². The summed E-state index contributed by atoms with van der Waals surface area (Å²) in [7, 11) is 2.05. The number of carbonyl (C=O) groups excluding carboxylic acids is 1. The minimum Gasteiger partial charge on any atom is -0.378 e. The number of morpholine rings is 1. The Hall–Kier alpha value is -0.610. The van der Waals surface area contributed by atoms with Gasteiger partial charge in [0.2, 0.25) is 5.91 Å². The molecule has 0 bridgehead atoms. The molecule has 1 amide bonds. The summed E-state index contributed by atoms with van der Waals surface area (Å²) in [6.07, 6.45) is 0. The standard InChI is InChI=1S/C8H16N2O2/c1-7(11)9-5-8-6-12-4-3-10(8)2/h8H,3-6H2,1-2H3,(H,9,11)/t8-/m1/s1. The number of rotatable bonds is 2. The number of ether oxygens (including phenoxy) is 1. The Morgan fingerprint density at radius 3 is 3.08 bits per heavy atom. The van der Waals surface area contributed by atoms with Gasteiger partial charge >= 0.3 is 0 Å². The van der Waals surface area contributed by atoms with Crippen molar-refractivity contribution in [1.29, 1.82) is 0 Å². The van der Waals surface area contributed by atoms with Gasteiger partial charge in [-0.2, -0.15) is 0 Å². The molecule has 0 aromatic heterocycles. The van der Waals surface area contributed by atoms with E-state index in [2.05, 4.69) is 17.3 Å². The normalized spacial score (nSPS) is 25.3. The van der Waals surface area contributed by atoms with Crippen LogP contribution in [-0.4, -0.2) is 50.2 Å². The molecular formula is C8H16N2O2. The summed E-state index contributed by atoms with van der Waals surface area (Å²) in [4.78, 5) is 12.8. The molecular weight excluding hydrogens is 156 g/mol. The Kier molecular flexibility index (Phi) is 3.49. The van der Waals surface area contributed by atoms with Gasteiger partial charge in [-0.15, -0.1) is 0 Å². The van der Waals surface area contributed by atoms with E-state index >= 15 is 0 Å². The van der Waals surface area contributed by atoms with Crippen molar-refractivity contribution in [3.8, 4) is 0 Å². The smallest absolute Gasteiger partial charge is 0.216 e. The Balaban J connectivity index is 2.24. The molecule has 1 aliphatic heterocycles. The molecule has 1 atom stereocenters. The lowest BCUT2D eigenvalue weighted by Crippen LogP contribution is -2.48. The second-order valence-corrected chi connectivity index (χ2v) is 3.15. The van der Waals surface area contributed by atoms with E-state index in [1.165, 1.54) is 6.92 Å². The third-order valence-corrected chi connectivity index (χ3v) is 2.11. The number of amides is 1. The summed E-state index contributed by atoms with van der Waals surface area (Å²) in [6, 6.07) is 0.336. The third kappa shape index (κ3) is 2.79. The number of carbonyl (C=O) groups is 1. The predicted molar refractivity (Wildman–Crippen MR) is 45.9 cm³/mol. The molecule has 0 saturated carbocycles. The summed E-state index contributed by atoms with van der Waals surface area (Å²) >= 11 is 0. The molecule has 0 spiro atoms. The van der Waals surface area contributed by atoms with E-state index in [0.717, 1.165) is 19.8 Å². The predicted octanol–water partition coefficient (Wildman–Crippen LogP) is -0.547. The van der Waals surface area contributed by atoms with Gasteiger partial charge in [-0.1, -0.05) is 0 Å². The van der Waals surface area contributed by atoms with Crippen molar-refractivity contribution >= 4 is 5.91 Å². The topological polar surface area (TPSA) is 41.6 Å². The molecule has 12 heavy (non-hydrogen) atoms. The highest BCUT2D eigenvalue weighted by molar-refractivity contribution is 5.72. The fourth-order valence-corrected chi connectivity index (χ4v) is 1.21. The van der Waals surface area contributed by atoms with Crippen LogP contribution in [0.15, 0.2) is 0 Å². The first kappa shape index (κ1) is 9.48. The van der Waals surface area contributed by atoms with Crippen LogP contribution >= 0.6 is 0 Å². The van der Waals surface area contributed by atoms with Gasteiger partial charge in [0, 0.05) is 20.0 Å². The quantitative estimate of drug-likeness (QED) is 0.608. The van der Waals surface area contributed by atoms with Crippen LogP contribution in [0, 0.1) is 0 Å². The first-order valence-electron chi connectivity index (χ1n) is 4.22. The zero-order valence-electron chi connectivity index (χ0n) is 7.67. The SMILES string of the molecule is CC(=O)NC[C@@H]1COCCN1C. The molecule has 1 fully saturated rings. The lowest BCUT2D eigenvalue weighted by Gasteiger charge is -2.32. The lowest BCUT2D eigenvalue weighted by atomic mass is 10.2. The molecule has 1 N–H and O–H groups in total. The van der Waals surface area contributed by atoms with Crippen LogP contribution < -0.4 is 5.32 Å². The van der Waals surface area contributed by atoms with Gasteiger partial charge in [-0.05, 0) is 7.05 Å². The summed E-state index contributed by atoms with van der Waals surface area (Å²) < 4.78 is 5.29. The summed E-state index contributed by atoms with van der Waals surface area (Å²) in [6.45, 7) is 4.68. The average Bonchev–Trinajstić information content (AvgIpc) is 2.03. The van der Waals surface area contributed by atoms with E-state index in [4.69, 9.17) is 4.74 Å². The minimum absolute atomic E-state index is 0.0222. The number of nitrogens with zero attached hydrogens (tertiary/aromatic N) is 1. The number of hydrogen-bond donors (Lipinski definition) is 1. The van der Waals surface area contributed by atoms with Crippen molar-refractivity contribution in [2.75, 3.05) is 33.4 Å². The van der Waals surface area contributed by atoms with E-state index in [0.29, 0.717) is 12.6 Å². The molecule has 0 aromatic rings. The Morgan fingerprint density at radius 1 is 1.75 bits per heavy atom. The number of nitrogens with one attached hydrogen (secondary N) is 1. The van der Waals surface area contributed by atoms with Crippen molar-refractivity contribution in [1.82, 2.24) is 10.2 Å². The van der Waals surface area contributed by atoms with Crippen molar-refractivity contribution in [2.24, 2.45) is 0 Å². The molecule has 4 nitrogen and oxygen atoms in total. The molecule has 1 rings (SSSR count). The highest BCUT2D eigenvalue weighted by Gasteiger charge is 2.18. The fraction of sp³-hybridized carbons (Fsp3) is 0.875. The van der Waals surface area contributed by atoms with Crippen LogP contribution in [0.25, 0.3) is 0 Å². The first-order valence-corrected chi connectivity index (χ1v) is 4.22. The van der Waals surface area contributed by atoms with Gasteiger partial charge in [0.25, 0.3) is 0 Å². The third-order valence-electron chi connectivity index (χ3n) is 2.11. The zero-order chi connectivity index (χ0) is 8.97. The summed E-state index contributed by atoms with van der Waals surface area (Å²) in [5.41, 5.74) is 0. The summed E-state index contributed by atoms with van der Waals surface area (Å²) in [5.74, 6) is 0.0222. The van der Waals surface area contributed by atoms with Gasteiger partial charge in [-0.25, -0.2) is 0 Å².